The van der Waals surface area contributed by atoms with Crippen LogP contribution >= 0.6 is 0 Å². The molecule has 0 radical (unpaired) electrons. The van der Waals surface area contributed by atoms with Crippen LogP contribution in [-0.2, 0) is 6.42 Å². The van der Waals surface area contributed by atoms with Crippen molar-refractivity contribution in [2.75, 3.05) is 19.7 Å². The van der Waals surface area contributed by atoms with Gasteiger partial charge in [0.1, 0.15) is 11.9 Å². The first-order valence-corrected chi connectivity index (χ1v) is 7.06. The highest BCUT2D eigenvalue weighted by atomic mass is 19.1. The molecule has 0 aliphatic carbocycles. The molecule has 112 valence electrons. The Bertz CT molecular complexity index is 560. The smallest absolute Gasteiger partial charge is 0.126 e. The fourth-order valence-corrected chi connectivity index (χ4v) is 2.33. The summed E-state index contributed by atoms with van der Waals surface area (Å²) < 4.78 is 14.0. The van der Waals surface area contributed by atoms with E-state index < -0.39 is 6.10 Å². The van der Waals surface area contributed by atoms with E-state index in [1.54, 1.807) is 12.1 Å². The minimum atomic E-state index is -0.838. The van der Waals surface area contributed by atoms with Gasteiger partial charge in [-0.15, -0.1) is 0 Å². The van der Waals surface area contributed by atoms with Crippen LogP contribution in [0.15, 0.2) is 48.5 Å². The summed E-state index contributed by atoms with van der Waals surface area (Å²) in [6.45, 7) is 1.08. The first-order chi connectivity index (χ1) is 10.2. The summed E-state index contributed by atoms with van der Waals surface area (Å²) in [5.74, 6) is -0.312. The van der Waals surface area contributed by atoms with Crippen LogP contribution in [0, 0.1) is 5.82 Å². The molecule has 1 unspecified atom stereocenters. The lowest BCUT2D eigenvalue weighted by Crippen LogP contribution is -2.22. The highest BCUT2D eigenvalue weighted by Crippen LogP contribution is 2.26. The fourth-order valence-electron chi connectivity index (χ4n) is 2.33. The van der Waals surface area contributed by atoms with Gasteiger partial charge in [0.05, 0.1) is 6.61 Å². The second kappa shape index (κ2) is 7.88. The largest absolute Gasteiger partial charge is 0.395 e. The lowest BCUT2D eigenvalue weighted by Gasteiger charge is -2.17. The average molecular weight is 289 g/mol. The zero-order chi connectivity index (χ0) is 15.1. The zero-order valence-corrected chi connectivity index (χ0v) is 11.8. The Balaban J connectivity index is 2.20. The van der Waals surface area contributed by atoms with Crippen molar-refractivity contribution >= 4 is 0 Å². The van der Waals surface area contributed by atoms with Crippen LogP contribution in [0.2, 0.25) is 0 Å². The van der Waals surface area contributed by atoms with Crippen LogP contribution in [0.5, 0.6) is 0 Å². The van der Waals surface area contributed by atoms with E-state index in [2.05, 4.69) is 5.32 Å². The number of aliphatic hydroxyl groups is 2. The van der Waals surface area contributed by atoms with Crippen LogP contribution in [0.1, 0.15) is 22.8 Å². The highest BCUT2D eigenvalue weighted by Gasteiger charge is 2.16. The minimum Gasteiger partial charge on any atom is -0.395 e. The van der Waals surface area contributed by atoms with E-state index in [0.717, 1.165) is 5.56 Å². The number of hydrogen-bond acceptors (Lipinski definition) is 3. The zero-order valence-electron chi connectivity index (χ0n) is 11.8. The lowest BCUT2D eigenvalue weighted by atomic mass is 9.95. The fraction of sp³-hybridized carbons (Fsp3) is 0.294. The van der Waals surface area contributed by atoms with Gasteiger partial charge in [0, 0.05) is 6.54 Å². The van der Waals surface area contributed by atoms with Crippen LogP contribution in [0.25, 0.3) is 0 Å². The van der Waals surface area contributed by atoms with Crippen molar-refractivity contribution in [1.29, 1.82) is 0 Å². The van der Waals surface area contributed by atoms with Gasteiger partial charge in [0.2, 0.25) is 0 Å². The number of benzene rings is 2. The Kier molecular flexibility index (Phi) is 5.87. The van der Waals surface area contributed by atoms with E-state index in [9.17, 15) is 9.50 Å². The van der Waals surface area contributed by atoms with Crippen molar-refractivity contribution in [1.82, 2.24) is 5.32 Å². The molecular formula is C17H20FNO2. The molecule has 0 saturated heterocycles. The van der Waals surface area contributed by atoms with E-state index in [-0.39, 0.29) is 12.4 Å². The molecule has 3 N–H and O–H groups in total. The van der Waals surface area contributed by atoms with Crippen molar-refractivity contribution in [2.45, 2.75) is 12.5 Å². The van der Waals surface area contributed by atoms with Gasteiger partial charge < -0.3 is 15.5 Å². The Hall–Kier alpha value is -1.75. The Morgan fingerprint density at radius 2 is 1.76 bits per heavy atom. The standard InChI is InChI=1S/C17H20FNO2/c18-16-8-4-7-15(14(16)9-10-19-11-12-20)17(21)13-5-2-1-3-6-13/h1-8,17,19-21H,9-12H2. The van der Waals surface area contributed by atoms with Gasteiger partial charge in [-0.2, -0.15) is 0 Å². The van der Waals surface area contributed by atoms with Crippen LogP contribution < -0.4 is 5.32 Å². The van der Waals surface area contributed by atoms with Gasteiger partial charge in [0.25, 0.3) is 0 Å². The van der Waals surface area contributed by atoms with Crippen molar-refractivity contribution in [3.63, 3.8) is 0 Å². The van der Waals surface area contributed by atoms with Crippen molar-refractivity contribution in [2.24, 2.45) is 0 Å². The van der Waals surface area contributed by atoms with Gasteiger partial charge in [-0.3, -0.25) is 0 Å². The van der Waals surface area contributed by atoms with Crippen LogP contribution in [0.4, 0.5) is 4.39 Å². The normalized spacial score (nSPS) is 12.3. The molecule has 0 saturated carbocycles. The van der Waals surface area contributed by atoms with E-state index in [1.165, 1.54) is 6.07 Å². The molecule has 21 heavy (non-hydrogen) atoms. The first kappa shape index (κ1) is 15.6. The molecule has 2 aromatic carbocycles. The van der Waals surface area contributed by atoms with Crippen LogP contribution in [-0.4, -0.2) is 29.9 Å². The minimum absolute atomic E-state index is 0.0524. The predicted molar refractivity (Wildman–Crippen MR) is 80.6 cm³/mol. The number of rotatable bonds is 7. The summed E-state index contributed by atoms with van der Waals surface area (Å²) in [6, 6.07) is 14.0. The monoisotopic (exact) mass is 289 g/mol. The molecule has 2 aromatic rings. The topological polar surface area (TPSA) is 52.5 Å². The molecule has 0 aliphatic heterocycles. The average Bonchev–Trinajstić information content (AvgIpc) is 2.53. The van der Waals surface area contributed by atoms with Crippen molar-refractivity contribution in [3.05, 3.63) is 71.0 Å². The number of hydrogen-bond donors (Lipinski definition) is 3. The molecule has 0 bridgehead atoms. The molecule has 0 spiro atoms. The predicted octanol–water partition coefficient (Wildman–Crippen LogP) is 2.03. The summed E-state index contributed by atoms with van der Waals surface area (Å²) in [5.41, 5.74) is 1.85. The number of halogens is 1. The quantitative estimate of drug-likeness (QED) is 0.684. The van der Waals surface area contributed by atoms with Gasteiger partial charge in [0.15, 0.2) is 0 Å². The Labute approximate surface area is 124 Å². The van der Waals surface area contributed by atoms with Gasteiger partial charge >= 0.3 is 0 Å². The van der Waals surface area contributed by atoms with Gasteiger partial charge in [-0.1, -0.05) is 42.5 Å². The molecule has 0 aliphatic rings. The maximum Gasteiger partial charge on any atom is 0.126 e. The summed E-state index contributed by atoms with van der Waals surface area (Å²) in [7, 11) is 0. The number of nitrogens with one attached hydrogen (secondary N) is 1. The Morgan fingerprint density at radius 1 is 1.00 bits per heavy atom. The second-order valence-corrected chi connectivity index (χ2v) is 4.84. The maximum atomic E-state index is 14.0. The molecule has 2 rings (SSSR count). The molecule has 3 nitrogen and oxygen atoms in total. The van der Waals surface area contributed by atoms with E-state index in [0.29, 0.717) is 30.6 Å². The second-order valence-electron chi connectivity index (χ2n) is 4.84. The molecule has 0 amide bonds. The van der Waals surface area contributed by atoms with Crippen LogP contribution in [0.3, 0.4) is 0 Å². The molecule has 4 heteroatoms. The summed E-state index contributed by atoms with van der Waals surface area (Å²) >= 11 is 0. The summed E-state index contributed by atoms with van der Waals surface area (Å²) in [5, 5.41) is 22.2. The van der Waals surface area contributed by atoms with Gasteiger partial charge in [-0.25, -0.2) is 4.39 Å². The van der Waals surface area contributed by atoms with Crippen molar-refractivity contribution in [3.8, 4) is 0 Å². The molecule has 0 heterocycles. The summed E-state index contributed by atoms with van der Waals surface area (Å²) in [6.07, 6.45) is -0.374. The van der Waals surface area contributed by atoms with E-state index in [1.807, 2.05) is 30.3 Å². The van der Waals surface area contributed by atoms with E-state index in [4.69, 9.17) is 5.11 Å². The Morgan fingerprint density at radius 3 is 2.48 bits per heavy atom. The molecule has 0 fully saturated rings. The molecular weight excluding hydrogens is 269 g/mol. The lowest BCUT2D eigenvalue weighted by molar-refractivity contribution is 0.218. The first-order valence-electron chi connectivity index (χ1n) is 7.06. The van der Waals surface area contributed by atoms with Crippen molar-refractivity contribution < 1.29 is 14.6 Å². The number of aliphatic hydroxyl groups excluding tert-OH is 2. The maximum absolute atomic E-state index is 14.0. The highest BCUT2D eigenvalue weighted by molar-refractivity contribution is 5.37. The molecule has 1 atom stereocenters. The van der Waals surface area contributed by atoms with E-state index >= 15 is 0 Å². The third kappa shape index (κ3) is 4.11. The summed E-state index contributed by atoms with van der Waals surface area (Å²) in [4.78, 5) is 0. The third-order valence-electron chi connectivity index (χ3n) is 3.41. The molecule has 0 aromatic heterocycles. The van der Waals surface area contributed by atoms with Gasteiger partial charge in [-0.05, 0) is 35.7 Å². The SMILES string of the molecule is OCCNCCc1c(F)cccc1C(O)c1ccccc1. The third-order valence-corrected chi connectivity index (χ3v) is 3.41.